The lowest BCUT2D eigenvalue weighted by Crippen LogP contribution is -2.11. The molecule has 572 valence electrons. The van der Waals surface area contributed by atoms with Crippen molar-refractivity contribution in [3.8, 4) is 78.1 Å². The molecule has 0 saturated carbocycles. The first-order chi connectivity index (χ1) is 60.5. The smallest absolute Gasteiger partial charge is 0.143 e. The van der Waals surface area contributed by atoms with E-state index in [0.717, 1.165) is 151 Å². The zero-order valence-electron chi connectivity index (χ0n) is 66.5. The summed E-state index contributed by atoms with van der Waals surface area (Å²) in [6, 6.07) is 166. The molecule has 0 saturated heterocycles. The average Bonchev–Trinajstić information content (AvgIpc) is 0.919. The molecule has 0 aliphatic rings. The fourth-order valence-electron chi connectivity index (χ4n) is 18.7. The second kappa shape index (κ2) is 30.0. The highest BCUT2D eigenvalue weighted by Crippen LogP contribution is 2.49. The summed E-state index contributed by atoms with van der Waals surface area (Å²) < 4.78 is 17.9. The highest BCUT2D eigenvalue weighted by atomic mass is 16.3. The predicted molar refractivity (Wildman–Crippen MR) is 513 cm³/mol. The Hall–Kier alpha value is -16.3. The maximum atomic E-state index is 6.56. The third kappa shape index (κ3) is 12.4. The summed E-state index contributed by atoms with van der Waals surface area (Å²) in [6.45, 7) is 0. The lowest BCUT2D eigenvalue weighted by molar-refractivity contribution is 0.669. The number of hydrogen-bond acceptors (Lipinski definition) is 4. The van der Waals surface area contributed by atoms with Gasteiger partial charge in [-0.2, -0.15) is 0 Å². The Morgan fingerprint density at radius 2 is 0.459 bits per heavy atom. The Kier molecular flexibility index (Phi) is 17.5. The fourth-order valence-corrected chi connectivity index (χ4v) is 18.7. The second-order valence-corrected chi connectivity index (χ2v) is 31.4. The van der Waals surface area contributed by atoms with Crippen molar-refractivity contribution in [2.75, 3.05) is 9.80 Å². The van der Waals surface area contributed by atoms with E-state index in [1.807, 2.05) is 24.3 Å². The van der Waals surface area contributed by atoms with Gasteiger partial charge in [0.2, 0.25) is 0 Å². The number of furan rings is 2. The van der Waals surface area contributed by atoms with Crippen LogP contribution in [0.3, 0.4) is 0 Å². The lowest BCUT2D eigenvalue weighted by Gasteiger charge is -2.29. The number of aromatic nitrogens is 2. The molecule has 0 spiro atoms. The lowest BCUT2D eigenvalue weighted by atomic mass is 9.97. The summed E-state index contributed by atoms with van der Waals surface area (Å²) in [5.74, 6) is 0. The van der Waals surface area contributed by atoms with Gasteiger partial charge in [-0.05, 0) is 188 Å². The Balaban J connectivity index is 0.000000142. The van der Waals surface area contributed by atoms with Crippen LogP contribution in [0.1, 0.15) is 0 Å². The highest BCUT2D eigenvalue weighted by Gasteiger charge is 2.25. The molecule has 0 amide bonds. The SMILES string of the molecule is c1cc(-c2ccc3ccccc3c2)cc(N(c2cccc(-c3ccccc3-n3c4ccccc4c4ccccc43)c2)c2cccc(-c3cccc4c3oc3ccccc34)c2)c1.c1cc(-c2ccccc2-n2c3ccccc3c3ccccc32)cc(N(c2cccc(-c3cccc4c3oc3ccccc34)c2)c2ccccc2-c2ccc3ccccc3c2)c1. The Morgan fingerprint density at radius 1 is 0.172 bits per heavy atom. The van der Waals surface area contributed by atoms with Gasteiger partial charge in [0.15, 0.2) is 0 Å². The molecule has 0 radical (unpaired) electrons. The molecule has 24 rings (SSSR count). The minimum Gasteiger partial charge on any atom is -0.455 e. The largest absolute Gasteiger partial charge is 0.455 e. The second-order valence-electron chi connectivity index (χ2n) is 31.4. The monoisotopic (exact) mass is 1560 g/mol. The summed E-state index contributed by atoms with van der Waals surface area (Å²) in [5, 5.41) is 14.4. The van der Waals surface area contributed by atoms with Crippen LogP contribution in [-0.2, 0) is 0 Å². The van der Waals surface area contributed by atoms with Gasteiger partial charge in [0.1, 0.15) is 22.3 Å². The van der Waals surface area contributed by atoms with E-state index < -0.39 is 0 Å². The van der Waals surface area contributed by atoms with Crippen molar-refractivity contribution < 1.29 is 8.83 Å². The van der Waals surface area contributed by atoms with Crippen molar-refractivity contribution >= 4 is 143 Å². The van der Waals surface area contributed by atoms with Crippen LogP contribution < -0.4 is 9.80 Å². The maximum Gasteiger partial charge on any atom is 0.143 e. The molecule has 0 bridgehead atoms. The minimum atomic E-state index is 0.894. The zero-order valence-corrected chi connectivity index (χ0v) is 66.5. The van der Waals surface area contributed by atoms with Gasteiger partial charge in [0, 0.05) is 99.3 Å². The molecule has 4 aromatic heterocycles. The van der Waals surface area contributed by atoms with E-state index in [1.165, 1.54) is 70.7 Å². The number of anilines is 6. The van der Waals surface area contributed by atoms with Crippen molar-refractivity contribution in [2.24, 2.45) is 0 Å². The number of rotatable bonds is 14. The van der Waals surface area contributed by atoms with Crippen LogP contribution in [0, 0.1) is 0 Å². The van der Waals surface area contributed by atoms with Crippen molar-refractivity contribution in [1.82, 2.24) is 9.13 Å². The minimum absolute atomic E-state index is 0.894. The van der Waals surface area contributed by atoms with Crippen LogP contribution in [0.5, 0.6) is 0 Å². The molecule has 0 fully saturated rings. The standard InChI is InChI=1S/2C58H38N2O/c1-2-17-40-36-43(35-34-39(40)16-1)47-23-3-8-29-53(47)59(45-21-14-19-42(38-45)48-27-15-28-52-51-26-7-12-33-57(51)61-58(48)52)44-20-13-18-41(37-44)46-22-4-9-30-54(46)60-55-31-10-5-24-49(55)50-25-6-11-32-56(50)60;1-2-16-40-35-42(34-33-39(40)15-1)41-17-11-20-45(36-41)59(47-22-13-19-44(38-47)49-27-14-28-53-52-26-6-10-32-57(52)61-58(49)53)46-21-12-18-43(37-46)48-23-3-7-29-54(48)60-55-30-8-4-24-50(55)51-25-5-9-31-56(51)60/h2*1-38H. The third-order valence-electron chi connectivity index (χ3n) is 24.3. The van der Waals surface area contributed by atoms with Crippen molar-refractivity contribution in [2.45, 2.75) is 0 Å². The van der Waals surface area contributed by atoms with Gasteiger partial charge in [-0.3, -0.25) is 0 Å². The van der Waals surface area contributed by atoms with Crippen LogP contribution in [0.15, 0.2) is 470 Å². The Labute approximate surface area is 705 Å². The van der Waals surface area contributed by atoms with E-state index in [0.29, 0.717) is 0 Å². The first-order valence-electron chi connectivity index (χ1n) is 41.7. The van der Waals surface area contributed by atoms with Crippen LogP contribution in [0.2, 0.25) is 0 Å². The topological polar surface area (TPSA) is 42.6 Å². The molecule has 122 heavy (non-hydrogen) atoms. The molecule has 24 aromatic rings. The molecule has 6 nitrogen and oxygen atoms in total. The molecule has 0 N–H and O–H groups in total. The van der Waals surface area contributed by atoms with Gasteiger partial charge in [0.05, 0.1) is 39.1 Å². The Bertz CT molecular complexity index is 8110. The van der Waals surface area contributed by atoms with Crippen LogP contribution in [-0.4, -0.2) is 9.13 Å². The van der Waals surface area contributed by atoms with E-state index in [-0.39, 0.29) is 0 Å². The first kappa shape index (κ1) is 71.1. The summed E-state index contributed by atoms with van der Waals surface area (Å²) in [4.78, 5) is 4.80. The quantitative estimate of drug-likeness (QED) is 0.109. The predicted octanol–water partition coefficient (Wildman–Crippen LogP) is 32.6. The van der Waals surface area contributed by atoms with Gasteiger partial charge < -0.3 is 27.8 Å². The van der Waals surface area contributed by atoms with E-state index in [1.54, 1.807) is 0 Å². The fraction of sp³-hybridized carbons (Fsp3) is 0. The van der Waals surface area contributed by atoms with Gasteiger partial charge in [-0.25, -0.2) is 0 Å². The Morgan fingerprint density at radius 3 is 0.910 bits per heavy atom. The molecule has 0 aliphatic heterocycles. The summed E-state index contributed by atoms with van der Waals surface area (Å²) in [7, 11) is 0. The summed E-state index contributed by atoms with van der Waals surface area (Å²) in [5.41, 5.74) is 30.5. The molecular weight excluding hydrogens is 1480 g/mol. The van der Waals surface area contributed by atoms with Crippen LogP contribution in [0.4, 0.5) is 34.1 Å². The zero-order chi connectivity index (χ0) is 80.6. The maximum absolute atomic E-state index is 6.56. The molecule has 6 heteroatoms. The first-order valence-corrected chi connectivity index (χ1v) is 41.7. The number of hydrogen-bond donors (Lipinski definition) is 0. The van der Waals surface area contributed by atoms with Gasteiger partial charge >= 0.3 is 0 Å². The van der Waals surface area contributed by atoms with Gasteiger partial charge in [-0.1, -0.05) is 334 Å². The van der Waals surface area contributed by atoms with Crippen molar-refractivity contribution in [3.63, 3.8) is 0 Å². The number of nitrogens with zero attached hydrogens (tertiary/aromatic N) is 4. The van der Waals surface area contributed by atoms with E-state index in [9.17, 15) is 0 Å². The number of para-hydroxylation sites is 11. The van der Waals surface area contributed by atoms with Crippen LogP contribution >= 0.6 is 0 Å². The molecule has 0 aliphatic carbocycles. The number of benzene rings is 20. The summed E-state index contributed by atoms with van der Waals surface area (Å²) in [6.07, 6.45) is 0. The van der Waals surface area contributed by atoms with Crippen molar-refractivity contribution in [1.29, 1.82) is 0 Å². The normalized spacial score (nSPS) is 11.6. The van der Waals surface area contributed by atoms with Gasteiger partial charge in [0.25, 0.3) is 0 Å². The average molecular weight is 1560 g/mol. The molecule has 4 heterocycles. The number of fused-ring (bicyclic) bond motifs is 14. The van der Waals surface area contributed by atoms with E-state index in [2.05, 4.69) is 456 Å². The molecule has 20 aromatic carbocycles. The molecule has 0 atom stereocenters. The van der Waals surface area contributed by atoms with Crippen molar-refractivity contribution in [3.05, 3.63) is 461 Å². The highest BCUT2D eigenvalue weighted by molar-refractivity contribution is 6.14. The third-order valence-corrected chi connectivity index (χ3v) is 24.3. The van der Waals surface area contributed by atoms with Crippen LogP contribution in [0.25, 0.3) is 187 Å². The van der Waals surface area contributed by atoms with E-state index >= 15 is 0 Å². The van der Waals surface area contributed by atoms with E-state index in [4.69, 9.17) is 8.83 Å². The molecular formula is C116H76N4O2. The summed E-state index contributed by atoms with van der Waals surface area (Å²) >= 11 is 0. The molecule has 0 unspecified atom stereocenters. The van der Waals surface area contributed by atoms with Gasteiger partial charge in [-0.15, -0.1) is 0 Å².